The van der Waals surface area contributed by atoms with Crippen molar-refractivity contribution in [1.82, 2.24) is 15.1 Å². The molecule has 0 radical (unpaired) electrons. The number of piperidine rings is 1. The first kappa shape index (κ1) is 12.2. The fourth-order valence-electron chi connectivity index (χ4n) is 2.44. The molecule has 1 aliphatic heterocycles. The lowest BCUT2D eigenvalue weighted by molar-refractivity contribution is -0.00202. The van der Waals surface area contributed by atoms with E-state index in [0.717, 1.165) is 10.9 Å². The summed E-state index contributed by atoms with van der Waals surface area (Å²) in [4.78, 5) is 14.2. The summed E-state index contributed by atoms with van der Waals surface area (Å²) < 4.78 is 0. The summed E-state index contributed by atoms with van der Waals surface area (Å²) in [5, 5.41) is 17.7. The highest BCUT2D eigenvalue weighted by molar-refractivity contribution is 5.97. The molecule has 1 fully saturated rings. The summed E-state index contributed by atoms with van der Waals surface area (Å²) in [6.07, 6.45) is 3.00. The number of aromatic nitrogens is 2. The molecule has 1 aromatic heterocycles. The van der Waals surface area contributed by atoms with Crippen LogP contribution in [0.2, 0.25) is 0 Å². The molecule has 1 aromatic carbocycles. The van der Waals surface area contributed by atoms with E-state index in [1.54, 1.807) is 11.1 Å². The predicted octanol–water partition coefficient (Wildman–Crippen LogP) is 1.55. The molecule has 2 N–H and O–H groups in total. The van der Waals surface area contributed by atoms with Crippen LogP contribution < -0.4 is 0 Å². The number of benzene rings is 1. The van der Waals surface area contributed by atoms with Gasteiger partial charge in [0.15, 0.2) is 0 Å². The number of hydrogen-bond donors (Lipinski definition) is 2. The molecule has 3 rings (SSSR count). The van der Waals surface area contributed by atoms with Crippen LogP contribution >= 0.6 is 0 Å². The van der Waals surface area contributed by atoms with E-state index in [1.807, 2.05) is 25.1 Å². The molecular formula is C14H17N3O2. The van der Waals surface area contributed by atoms with Gasteiger partial charge in [-0.15, -0.1) is 0 Å². The van der Waals surface area contributed by atoms with Crippen LogP contribution in [0.5, 0.6) is 0 Å². The molecule has 0 aliphatic carbocycles. The Morgan fingerprint density at radius 2 is 2.16 bits per heavy atom. The van der Waals surface area contributed by atoms with Gasteiger partial charge >= 0.3 is 0 Å². The summed E-state index contributed by atoms with van der Waals surface area (Å²) in [6.45, 7) is 3.03. The Hall–Kier alpha value is -1.88. The van der Waals surface area contributed by atoms with Crippen molar-refractivity contribution in [3.05, 3.63) is 30.0 Å². The molecule has 0 saturated carbocycles. The minimum atomic E-state index is -0.635. The Morgan fingerprint density at radius 1 is 1.42 bits per heavy atom. The second-order valence-corrected chi connectivity index (χ2v) is 5.46. The van der Waals surface area contributed by atoms with E-state index in [-0.39, 0.29) is 5.91 Å². The third kappa shape index (κ3) is 2.33. The van der Waals surface area contributed by atoms with E-state index in [2.05, 4.69) is 10.2 Å². The van der Waals surface area contributed by atoms with E-state index in [4.69, 9.17) is 0 Å². The Balaban J connectivity index is 1.80. The van der Waals surface area contributed by atoms with Crippen LogP contribution in [0.3, 0.4) is 0 Å². The first-order chi connectivity index (χ1) is 9.05. The highest BCUT2D eigenvalue weighted by atomic mass is 16.3. The van der Waals surface area contributed by atoms with Crippen molar-refractivity contribution in [2.75, 3.05) is 13.1 Å². The zero-order valence-corrected chi connectivity index (χ0v) is 10.9. The van der Waals surface area contributed by atoms with Gasteiger partial charge in [-0.2, -0.15) is 5.10 Å². The van der Waals surface area contributed by atoms with Crippen LogP contribution in [0.15, 0.2) is 24.4 Å². The number of carbonyl (C=O) groups excluding carboxylic acids is 1. The normalized spacial score (nSPS) is 18.7. The van der Waals surface area contributed by atoms with Crippen molar-refractivity contribution in [3.8, 4) is 0 Å². The van der Waals surface area contributed by atoms with Gasteiger partial charge in [0.25, 0.3) is 5.91 Å². The quantitative estimate of drug-likeness (QED) is 0.816. The van der Waals surface area contributed by atoms with Gasteiger partial charge in [-0.1, -0.05) is 6.07 Å². The lowest BCUT2D eigenvalue weighted by Gasteiger charge is -2.35. The highest BCUT2D eigenvalue weighted by Gasteiger charge is 2.29. The fourth-order valence-corrected chi connectivity index (χ4v) is 2.44. The van der Waals surface area contributed by atoms with Crippen LogP contribution in [0.25, 0.3) is 10.9 Å². The standard InChI is InChI=1S/C14H17N3O2/c1-14(19)4-6-17(7-5-14)13(18)10-2-3-11-9-15-16-12(11)8-10/h2-3,8-9,19H,4-7H2,1H3,(H,15,16). The van der Waals surface area contributed by atoms with Gasteiger partial charge in [0.05, 0.1) is 17.3 Å². The molecule has 0 unspecified atom stereocenters. The molecule has 1 saturated heterocycles. The maximum absolute atomic E-state index is 12.4. The number of rotatable bonds is 1. The van der Waals surface area contributed by atoms with Crippen LogP contribution in [-0.4, -0.2) is 44.8 Å². The Bertz CT molecular complexity index is 608. The largest absolute Gasteiger partial charge is 0.390 e. The molecule has 100 valence electrons. The van der Waals surface area contributed by atoms with Crippen molar-refractivity contribution in [3.63, 3.8) is 0 Å². The van der Waals surface area contributed by atoms with Crippen LogP contribution in [0.4, 0.5) is 0 Å². The summed E-state index contributed by atoms with van der Waals surface area (Å²) in [6, 6.07) is 5.55. The van der Waals surface area contributed by atoms with Crippen molar-refractivity contribution in [1.29, 1.82) is 0 Å². The number of hydrogen-bond acceptors (Lipinski definition) is 3. The van der Waals surface area contributed by atoms with Gasteiger partial charge in [0.2, 0.25) is 0 Å². The molecule has 2 heterocycles. The first-order valence-corrected chi connectivity index (χ1v) is 6.50. The third-order valence-electron chi connectivity index (χ3n) is 3.82. The van der Waals surface area contributed by atoms with Crippen molar-refractivity contribution < 1.29 is 9.90 Å². The Labute approximate surface area is 111 Å². The molecule has 5 heteroatoms. The Morgan fingerprint density at radius 3 is 2.89 bits per heavy atom. The molecule has 19 heavy (non-hydrogen) atoms. The monoisotopic (exact) mass is 259 g/mol. The zero-order valence-electron chi connectivity index (χ0n) is 10.9. The van der Waals surface area contributed by atoms with Crippen LogP contribution in [0, 0.1) is 0 Å². The summed E-state index contributed by atoms with van der Waals surface area (Å²) in [7, 11) is 0. The van der Waals surface area contributed by atoms with E-state index in [1.165, 1.54) is 0 Å². The second kappa shape index (κ2) is 4.35. The van der Waals surface area contributed by atoms with E-state index < -0.39 is 5.60 Å². The lowest BCUT2D eigenvalue weighted by atomic mass is 9.93. The van der Waals surface area contributed by atoms with Crippen molar-refractivity contribution in [2.45, 2.75) is 25.4 Å². The summed E-state index contributed by atoms with van der Waals surface area (Å²) >= 11 is 0. The second-order valence-electron chi connectivity index (χ2n) is 5.46. The lowest BCUT2D eigenvalue weighted by Crippen LogP contribution is -2.45. The van der Waals surface area contributed by atoms with Gasteiger partial charge in [-0.3, -0.25) is 9.89 Å². The molecule has 1 amide bonds. The number of H-pyrrole nitrogens is 1. The molecule has 0 bridgehead atoms. The first-order valence-electron chi connectivity index (χ1n) is 6.50. The molecule has 5 nitrogen and oxygen atoms in total. The van der Waals surface area contributed by atoms with E-state index in [9.17, 15) is 9.90 Å². The van der Waals surface area contributed by atoms with Crippen LogP contribution in [-0.2, 0) is 0 Å². The average molecular weight is 259 g/mol. The molecule has 2 aromatic rings. The number of amides is 1. The zero-order chi connectivity index (χ0) is 13.5. The number of likely N-dealkylation sites (tertiary alicyclic amines) is 1. The van der Waals surface area contributed by atoms with Gasteiger partial charge in [0.1, 0.15) is 0 Å². The summed E-state index contributed by atoms with van der Waals surface area (Å²) in [5.74, 6) is 0.0204. The SMILES string of the molecule is CC1(O)CCN(C(=O)c2ccc3cn[nH]c3c2)CC1. The van der Waals surface area contributed by atoms with E-state index in [0.29, 0.717) is 31.5 Å². The van der Waals surface area contributed by atoms with Gasteiger partial charge in [-0.25, -0.2) is 0 Å². The van der Waals surface area contributed by atoms with Gasteiger partial charge in [0, 0.05) is 24.0 Å². The topological polar surface area (TPSA) is 69.2 Å². The van der Waals surface area contributed by atoms with Crippen molar-refractivity contribution >= 4 is 16.8 Å². The number of fused-ring (bicyclic) bond motifs is 1. The summed E-state index contributed by atoms with van der Waals surface area (Å²) in [5.41, 5.74) is 0.901. The Kier molecular flexibility index (Phi) is 2.78. The number of aromatic amines is 1. The smallest absolute Gasteiger partial charge is 0.253 e. The maximum Gasteiger partial charge on any atom is 0.253 e. The molecule has 1 aliphatic rings. The van der Waals surface area contributed by atoms with E-state index >= 15 is 0 Å². The van der Waals surface area contributed by atoms with Gasteiger partial charge < -0.3 is 10.0 Å². The molecule has 0 atom stereocenters. The van der Waals surface area contributed by atoms with Gasteiger partial charge in [-0.05, 0) is 31.9 Å². The van der Waals surface area contributed by atoms with Crippen LogP contribution in [0.1, 0.15) is 30.1 Å². The third-order valence-corrected chi connectivity index (χ3v) is 3.82. The highest BCUT2D eigenvalue weighted by Crippen LogP contribution is 2.23. The average Bonchev–Trinajstić information content (AvgIpc) is 2.85. The number of aliphatic hydroxyl groups is 1. The molecular weight excluding hydrogens is 242 g/mol. The number of nitrogens with zero attached hydrogens (tertiary/aromatic N) is 2. The van der Waals surface area contributed by atoms with Crippen molar-refractivity contribution in [2.24, 2.45) is 0 Å². The molecule has 0 spiro atoms. The minimum Gasteiger partial charge on any atom is -0.390 e. The predicted molar refractivity (Wildman–Crippen MR) is 71.9 cm³/mol. The maximum atomic E-state index is 12.4. The number of nitrogens with one attached hydrogen (secondary N) is 1. The fraction of sp³-hybridized carbons (Fsp3) is 0.429. The number of carbonyl (C=O) groups is 1. The minimum absolute atomic E-state index is 0.0204.